The van der Waals surface area contributed by atoms with Gasteiger partial charge in [-0.2, -0.15) is 5.10 Å². The van der Waals surface area contributed by atoms with E-state index in [4.69, 9.17) is 0 Å². The highest BCUT2D eigenvalue weighted by molar-refractivity contribution is 6.53. The molecule has 0 bridgehead atoms. The first-order valence-electron chi connectivity index (χ1n) is 7.18. The van der Waals surface area contributed by atoms with Crippen molar-refractivity contribution in [3.63, 3.8) is 0 Å². The van der Waals surface area contributed by atoms with Gasteiger partial charge >= 0.3 is 0 Å². The van der Waals surface area contributed by atoms with Crippen LogP contribution in [-0.2, 0) is 4.79 Å². The summed E-state index contributed by atoms with van der Waals surface area (Å²) >= 11 is 0. The van der Waals surface area contributed by atoms with Crippen LogP contribution in [0.25, 0.3) is 10.9 Å². The fourth-order valence-electron chi connectivity index (χ4n) is 2.53. The van der Waals surface area contributed by atoms with Gasteiger partial charge in [0.25, 0.3) is 5.91 Å². The monoisotopic (exact) mass is 300 g/mol. The molecule has 0 saturated carbocycles. The molecule has 3 aromatic rings. The van der Waals surface area contributed by atoms with Crippen molar-refractivity contribution >= 4 is 34.4 Å². The molecule has 5 heteroatoms. The number of pyridine rings is 1. The first kappa shape index (κ1) is 13.3. The highest BCUT2D eigenvalue weighted by atomic mass is 16.2. The molecule has 0 atom stereocenters. The fourth-order valence-corrected chi connectivity index (χ4v) is 2.53. The topological polar surface area (TPSA) is 66.7 Å². The summed E-state index contributed by atoms with van der Waals surface area (Å²) in [5.74, 6) is -0.230. The molecule has 1 aliphatic heterocycles. The van der Waals surface area contributed by atoms with Gasteiger partial charge in [0.05, 0.1) is 17.4 Å². The van der Waals surface area contributed by atoms with Gasteiger partial charge in [0.15, 0.2) is 5.71 Å². The second-order valence-electron chi connectivity index (χ2n) is 5.15. The molecular weight excluding hydrogens is 288 g/mol. The summed E-state index contributed by atoms with van der Waals surface area (Å²) in [5, 5.41) is 11.9. The van der Waals surface area contributed by atoms with Crippen LogP contribution in [0.3, 0.4) is 0 Å². The van der Waals surface area contributed by atoms with E-state index in [-0.39, 0.29) is 5.91 Å². The van der Waals surface area contributed by atoms with Crippen LogP contribution in [-0.4, -0.2) is 22.8 Å². The number of nitrogens with zero attached hydrogens (tertiary/aromatic N) is 3. The highest BCUT2D eigenvalue weighted by Gasteiger charge is 2.25. The van der Waals surface area contributed by atoms with Gasteiger partial charge in [-0.15, -0.1) is 5.10 Å². The average Bonchev–Trinajstić information content (AvgIpc) is 2.90. The number of amides is 1. The number of anilines is 1. The summed E-state index contributed by atoms with van der Waals surface area (Å²) in [6.07, 6.45) is 3.39. The lowest BCUT2D eigenvalue weighted by atomic mass is 10.1. The molecule has 0 fully saturated rings. The number of nitrogens with one attached hydrogen (secondary N) is 1. The van der Waals surface area contributed by atoms with E-state index in [9.17, 15) is 4.79 Å². The molecule has 23 heavy (non-hydrogen) atoms. The molecule has 1 aromatic heterocycles. The van der Waals surface area contributed by atoms with Crippen LogP contribution in [0.5, 0.6) is 0 Å². The van der Waals surface area contributed by atoms with Gasteiger partial charge in [-0.25, -0.2) is 0 Å². The van der Waals surface area contributed by atoms with Crippen LogP contribution in [0.4, 0.5) is 5.69 Å². The number of hydrogen-bond donors (Lipinski definition) is 1. The standard InChI is InChI=1S/C18H12N4O/c23-18-17(14-5-1-2-6-16(14)21-18)22-20-11-12-7-8-15-13(10-12)4-3-9-19-15/h1-11H,(H,21,22,23)/b20-11+. The van der Waals surface area contributed by atoms with Gasteiger partial charge in [0, 0.05) is 17.1 Å². The third-order valence-electron chi connectivity index (χ3n) is 3.64. The first-order chi connectivity index (χ1) is 11.3. The Morgan fingerprint density at radius 2 is 1.96 bits per heavy atom. The van der Waals surface area contributed by atoms with Gasteiger partial charge in [-0.3, -0.25) is 9.78 Å². The molecule has 5 nitrogen and oxygen atoms in total. The zero-order chi connectivity index (χ0) is 15.6. The van der Waals surface area contributed by atoms with Crippen LogP contribution < -0.4 is 5.32 Å². The smallest absolute Gasteiger partial charge is 0.276 e. The lowest BCUT2D eigenvalue weighted by molar-refractivity contribution is -0.110. The van der Waals surface area contributed by atoms with Crippen molar-refractivity contribution in [2.45, 2.75) is 0 Å². The molecule has 110 valence electrons. The number of aromatic nitrogens is 1. The van der Waals surface area contributed by atoms with Crippen LogP contribution in [0.1, 0.15) is 11.1 Å². The number of rotatable bonds is 2. The zero-order valence-corrected chi connectivity index (χ0v) is 12.1. The SMILES string of the molecule is O=C1Nc2ccccc2/C1=N\N=C\c1ccc2ncccc2c1. The Balaban J connectivity index is 1.64. The van der Waals surface area contributed by atoms with Crippen molar-refractivity contribution in [1.29, 1.82) is 0 Å². The minimum atomic E-state index is -0.230. The normalized spacial score (nSPS) is 15.3. The third kappa shape index (κ3) is 2.48. The maximum Gasteiger partial charge on any atom is 0.276 e. The summed E-state index contributed by atoms with van der Waals surface area (Å²) in [5.41, 5.74) is 3.71. The highest BCUT2D eigenvalue weighted by Crippen LogP contribution is 2.22. The van der Waals surface area contributed by atoms with Gasteiger partial charge in [0.2, 0.25) is 0 Å². The van der Waals surface area contributed by atoms with Crippen molar-refractivity contribution in [2.75, 3.05) is 5.32 Å². The average molecular weight is 300 g/mol. The van der Waals surface area contributed by atoms with Gasteiger partial charge < -0.3 is 5.32 Å². The van der Waals surface area contributed by atoms with Gasteiger partial charge in [-0.05, 0) is 29.8 Å². The molecule has 0 saturated heterocycles. The summed E-state index contributed by atoms with van der Waals surface area (Å²) in [6, 6.07) is 17.1. The maximum atomic E-state index is 11.9. The van der Waals surface area contributed by atoms with Crippen LogP contribution in [0.2, 0.25) is 0 Å². The first-order valence-corrected chi connectivity index (χ1v) is 7.18. The Hall–Kier alpha value is -3.34. The number of hydrogen-bond acceptors (Lipinski definition) is 4. The molecule has 1 N–H and O–H groups in total. The van der Waals surface area contributed by atoms with Crippen molar-refractivity contribution in [1.82, 2.24) is 4.98 Å². The zero-order valence-electron chi connectivity index (χ0n) is 12.1. The molecule has 2 heterocycles. The molecule has 1 amide bonds. The Kier molecular flexibility index (Phi) is 3.16. The summed E-state index contributed by atoms with van der Waals surface area (Å²) in [7, 11) is 0. The van der Waals surface area contributed by atoms with Crippen LogP contribution in [0, 0.1) is 0 Å². The number of fused-ring (bicyclic) bond motifs is 2. The quantitative estimate of drug-likeness (QED) is 0.584. The van der Waals surface area contributed by atoms with Gasteiger partial charge in [0.1, 0.15) is 0 Å². The number of benzene rings is 2. The fraction of sp³-hybridized carbons (Fsp3) is 0. The predicted octanol–water partition coefficient (Wildman–Crippen LogP) is 3.01. The van der Waals surface area contributed by atoms with Crippen molar-refractivity contribution in [2.24, 2.45) is 10.2 Å². The van der Waals surface area contributed by atoms with E-state index in [2.05, 4.69) is 20.5 Å². The molecule has 0 unspecified atom stereocenters. The Bertz CT molecular complexity index is 975. The lowest BCUT2D eigenvalue weighted by Crippen LogP contribution is -2.13. The largest absolute Gasteiger partial charge is 0.320 e. The van der Waals surface area contributed by atoms with Crippen LogP contribution >= 0.6 is 0 Å². The van der Waals surface area contributed by atoms with E-state index in [1.807, 2.05) is 54.6 Å². The van der Waals surface area contributed by atoms with E-state index in [0.717, 1.165) is 27.7 Å². The lowest BCUT2D eigenvalue weighted by Gasteiger charge is -1.97. The number of carbonyl (C=O) groups is 1. The van der Waals surface area contributed by atoms with Gasteiger partial charge in [-0.1, -0.05) is 30.3 Å². The molecule has 4 rings (SSSR count). The summed E-state index contributed by atoms with van der Waals surface area (Å²) in [4.78, 5) is 16.2. The van der Waals surface area contributed by atoms with Crippen molar-refractivity contribution in [3.05, 3.63) is 71.9 Å². The molecular formula is C18H12N4O. The minimum Gasteiger partial charge on any atom is -0.320 e. The second kappa shape index (κ2) is 5.46. The van der Waals surface area contributed by atoms with Crippen molar-refractivity contribution < 1.29 is 4.79 Å². The Morgan fingerprint density at radius 3 is 2.91 bits per heavy atom. The Labute approximate surface area is 132 Å². The summed E-state index contributed by atoms with van der Waals surface area (Å²) < 4.78 is 0. The van der Waals surface area contributed by atoms with E-state index >= 15 is 0 Å². The molecule has 1 aliphatic rings. The van der Waals surface area contributed by atoms with Crippen molar-refractivity contribution in [3.8, 4) is 0 Å². The minimum absolute atomic E-state index is 0.230. The number of para-hydroxylation sites is 1. The number of carbonyl (C=O) groups excluding carboxylic acids is 1. The maximum absolute atomic E-state index is 11.9. The third-order valence-corrected chi connectivity index (χ3v) is 3.64. The Morgan fingerprint density at radius 1 is 1.04 bits per heavy atom. The molecule has 0 spiro atoms. The van der Waals surface area contributed by atoms with E-state index in [1.165, 1.54) is 0 Å². The van der Waals surface area contributed by atoms with Crippen LogP contribution in [0.15, 0.2) is 71.0 Å². The van der Waals surface area contributed by atoms with E-state index < -0.39 is 0 Å². The molecule has 0 aliphatic carbocycles. The predicted molar refractivity (Wildman–Crippen MR) is 90.9 cm³/mol. The molecule has 0 radical (unpaired) electrons. The summed E-state index contributed by atoms with van der Waals surface area (Å²) in [6.45, 7) is 0. The van der Waals surface area contributed by atoms with E-state index in [0.29, 0.717) is 5.71 Å². The van der Waals surface area contributed by atoms with E-state index in [1.54, 1.807) is 12.4 Å². The second-order valence-corrected chi connectivity index (χ2v) is 5.15. The molecule has 2 aromatic carbocycles.